The van der Waals surface area contributed by atoms with E-state index in [4.69, 9.17) is 32.8 Å². The molecule has 5 nitrogen and oxygen atoms in total. The van der Waals surface area contributed by atoms with Crippen molar-refractivity contribution < 1.29 is 14.7 Å². The highest BCUT2D eigenvalue weighted by Gasteiger charge is 2.25. The fourth-order valence-corrected chi connectivity index (χ4v) is 3.61. The van der Waals surface area contributed by atoms with Crippen molar-refractivity contribution >= 4 is 28.9 Å². The lowest BCUT2D eigenvalue weighted by Crippen LogP contribution is -2.39. The molecule has 1 N–H and O–H groups in total. The Morgan fingerprint density at radius 1 is 1.21 bits per heavy atom. The van der Waals surface area contributed by atoms with Crippen molar-refractivity contribution in [1.29, 1.82) is 0 Å². The van der Waals surface area contributed by atoms with Gasteiger partial charge >= 0.3 is 0 Å². The van der Waals surface area contributed by atoms with Crippen LogP contribution in [0.25, 0.3) is 0 Å². The SMILES string of the molecule is COC[C@H](O)CN(Cc1cccc(Cl)c1)C[C@H]1CC(c2ccc(Cl)cc2)=NO1. The molecule has 1 heterocycles. The summed E-state index contributed by atoms with van der Waals surface area (Å²) in [5.74, 6) is 0. The number of halogens is 2. The largest absolute Gasteiger partial charge is 0.390 e. The summed E-state index contributed by atoms with van der Waals surface area (Å²) in [4.78, 5) is 7.80. The minimum Gasteiger partial charge on any atom is -0.390 e. The van der Waals surface area contributed by atoms with Crippen molar-refractivity contribution in [3.05, 3.63) is 69.7 Å². The first-order chi connectivity index (χ1) is 13.5. The van der Waals surface area contributed by atoms with Crippen LogP contribution in [-0.2, 0) is 16.1 Å². The van der Waals surface area contributed by atoms with Gasteiger partial charge in [-0.25, -0.2) is 0 Å². The molecule has 0 bridgehead atoms. The van der Waals surface area contributed by atoms with Crippen LogP contribution in [0.4, 0.5) is 0 Å². The molecule has 0 radical (unpaired) electrons. The van der Waals surface area contributed by atoms with Gasteiger partial charge in [0.2, 0.25) is 0 Å². The maximum Gasteiger partial charge on any atom is 0.145 e. The Morgan fingerprint density at radius 3 is 2.71 bits per heavy atom. The van der Waals surface area contributed by atoms with Crippen molar-refractivity contribution in [1.82, 2.24) is 4.90 Å². The Hall–Kier alpha value is -1.63. The van der Waals surface area contributed by atoms with Gasteiger partial charge in [-0.1, -0.05) is 52.6 Å². The van der Waals surface area contributed by atoms with Gasteiger partial charge < -0.3 is 14.7 Å². The summed E-state index contributed by atoms with van der Waals surface area (Å²) in [6, 6.07) is 15.3. The quantitative estimate of drug-likeness (QED) is 0.663. The second kappa shape index (κ2) is 10.2. The summed E-state index contributed by atoms with van der Waals surface area (Å²) >= 11 is 12.1. The maximum absolute atomic E-state index is 10.2. The highest BCUT2D eigenvalue weighted by molar-refractivity contribution is 6.31. The minimum absolute atomic E-state index is 0.0837. The molecule has 2 aromatic rings. The zero-order valence-electron chi connectivity index (χ0n) is 15.7. The number of nitrogens with zero attached hydrogens (tertiary/aromatic N) is 2. The third kappa shape index (κ3) is 6.19. The minimum atomic E-state index is -0.581. The standard InChI is InChI=1S/C21H24Cl2N2O3/c1-27-14-19(26)12-25(11-15-3-2-4-18(23)9-15)13-20-10-21(24-28-20)16-5-7-17(22)8-6-16/h2-9,19-20,26H,10-14H2,1H3/t19-,20-/m1/s1. The fourth-order valence-electron chi connectivity index (χ4n) is 3.27. The summed E-state index contributed by atoms with van der Waals surface area (Å²) in [5, 5.41) is 15.8. The van der Waals surface area contributed by atoms with E-state index in [1.807, 2.05) is 48.5 Å². The van der Waals surface area contributed by atoms with Crippen molar-refractivity contribution in [2.24, 2.45) is 5.16 Å². The van der Waals surface area contributed by atoms with Gasteiger partial charge in [-0.15, -0.1) is 0 Å². The molecule has 2 aromatic carbocycles. The zero-order chi connectivity index (χ0) is 19.9. The molecule has 0 aliphatic carbocycles. The lowest BCUT2D eigenvalue weighted by atomic mass is 10.0. The third-order valence-corrected chi connectivity index (χ3v) is 4.98. The Morgan fingerprint density at radius 2 is 2.00 bits per heavy atom. The third-order valence-electron chi connectivity index (χ3n) is 4.50. The molecule has 0 spiro atoms. The molecule has 0 saturated heterocycles. The molecular formula is C21H24Cl2N2O3. The van der Waals surface area contributed by atoms with Gasteiger partial charge in [-0.2, -0.15) is 0 Å². The molecular weight excluding hydrogens is 399 g/mol. The van der Waals surface area contributed by atoms with E-state index in [0.29, 0.717) is 36.1 Å². The predicted octanol–water partition coefficient (Wildman–Crippen LogP) is 4.00. The number of ether oxygens (including phenoxy) is 1. The number of aliphatic hydroxyl groups is 1. The van der Waals surface area contributed by atoms with Crippen LogP contribution in [0.15, 0.2) is 53.7 Å². The molecule has 150 valence electrons. The van der Waals surface area contributed by atoms with E-state index in [9.17, 15) is 5.11 Å². The number of hydrogen-bond donors (Lipinski definition) is 1. The average Bonchev–Trinajstić information content (AvgIpc) is 3.11. The molecule has 7 heteroatoms. The van der Waals surface area contributed by atoms with E-state index >= 15 is 0 Å². The first-order valence-corrected chi connectivity index (χ1v) is 9.91. The first-order valence-electron chi connectivity index (χ1n) is 9.16. The van der Waals surface area contributed by atoms with Crippen LogP contribution < -0.4 is 0 Å². The molecule has 0 amide bonds. The predicted molar refractivity (Wildman–Crippen MR) is 112 cm³/mol. The van der Waals surface area contributed by atoms with Gasteiger partial charge in [-0.3, -0.25) is 4.90 Å². The number of methoxy groups -OCH3 is 1. The van der Waals surface area contributed by atoms with Gasteiger partial charge in [0, 0.05) is 43.2 Å². The molecule has 1 aliphatic heterocycles. The summed E-state index contributed by atoms with van der Waals surface area (Å²) in [6.07, 6.45) is 0.0375. The maximum atomic E-state index is 10.2. The number of hydrogen-bond acceptors (Lipinski definition) is 5. The highest BCUT2D eigenvalue weighted by Crippen LogP contribution is 2.21. The molecule has 1 aliphatic rings. The molecule has 28 heavy (non-hydrogen) atoms. The van der Waals surface area contributed by atoms with Crippen molar-refractivity contribution in [3.8, 4) is 0 Å². The van der Waals surface area contributed by atoms with Crippen LogP contribution in [0.5, 0.6) is 0 Å². The summed E-state index contributed by atoms with van der Waals surface area (Å²) < 4.78 is 5.07. The lowest BCUT2D eigenvalue weighted by molar-refractivity contribution is 0.00922. The van der Waals surface area contributed by atoms with Gasteiger partial charge in [0.1, 0.15) is 6.10 Å². The van der Waals surface area contributed by atoms with Gasteiger partial charge in [0.05, 0.1) is 18.4 Å². The summed E-state index contributed by atoms with van der Waals surface area (Å²) in [6.45, 7) is 2.03. The zero-order valence-corrected chi connectivity index (χ0v) is 17.2. The van der Waals surface area contributed by atoms with E-state index in [1.165, 1.54) is 0 Å². The Kier molecular flexibility index (Phi) is 7.71. The molecule has 2 atom stereocenters. The van der Waals surface area contributed by atoms with E-state index < -0.39 is 6.10 Å². The molecule has 0 aromatic heterocycles. The van der Waals surface area contributed by atoms with Crippen LogP contribution >= 0.6 is 23.2 Å². The van der Waals surface area contributed by atoms with E-state index in [-0.39, 0.29) is 12.7 Å². The van der Waals surface area contributed by atoms with Crippen LogP contribution in [0, 0.1) is 0 Å². The van der Waals surface area contributed by atoms with Gasteiger partial charge in [0.15, 0.2) is 0 Å². The fraction of sp³-hybridized carbons (Fsp3) is 0.381. The summed E-state index contributed by atoms with van der Waals surface area (Å²) in [7, 11) is 1.58. The van der Waals surface area contributed by atoms with Gasteiger partial charge in [0.25, 0.3) is 0 Å². The first kappa shape index (κ1) is 21.1. The Bertz CT molecular complexity index is 798. The smallest absolute Gasteiger partial charge is 0.145 e. The van der Waals surface area contributed by atoms with Crippen molar-refractivity contribution in [3.63, 3.8) is 0 Å². The monoisotopic (exact) mass is 422 g/mol. The number of benzene rings is 2. The molecule has 0 saturated carbocycles. The normalized spacial score (nSPS) is 17.5. The summed E-state index contributed by atoms with van der Waals surface area (Å²) in [5.41, 5.74) is 2.99. The topological polar surface area (TPSA) is 54.3 Å². The Balaban J connectivity index is 1.63. The van der Waals surface area contributed by atoms with Crippen LogP contribution in [0.2, 0.25) is 10.0 Å². The number of oxime groups is 1. The average molecular weight is 423 g/mol. The number of aliphatic hydroxyl groups excluding tert-OH is 1. The molecule has 3 rings (SSSR count). The lowest BCUT2D eigenvalue weighted by Gasteiger charge is -2.26. The Labute approximate surface area is 175 Å². The second-order valence-corrected chi connectivity index (χ2v) is 7.78. The molecule has 0 fully saturated rings. The second-order valence-electron chi connectivity index (χ2n) is 6.91. The van der Waals surface area contributed by atoms with E-state index in [0.717, 1.165) is 16.8 Å². The van der Waals surface area contributed by atoms with Crippen LogP contribution in [-0.4, -0.2) is 54.7 Å². The van der Waals surface area contributed by atoms with E-state index in [1.54, 1.807) is 7.11 Å². The van der Waals surface area contributed by atoms with Crippen molar-refractivity contribution in [2.45, 2.75) is 25.2 Å². The number of rotatable bonds is 9. The van der Waals surface area contributed by atoms with Crippen LogP contribution in [0.1, 0.15) is 17.5 Å². The van der Waals surface area contributed by atoms with Gasteiger partial charge in [-0.05, 0) is 35.4 Å². The van der Waals surface area contributed by atoms with Crippen molar-refractivity contribution in [2.75, 3.05) is 26.8 Å². The van der Waals surface area contributed by atoms with E-state index in [2.05, 4.69) is 10.1 Å². The highest BCUT2D eigenvalue weighted by atomic mass is 35.5. The molecule has 0 unspecified atom stereocenters. The van der Waals surface area contributed by atoms with Crippen LogP contribution in [0.3, 0.4) is 0 Å².